The molecule has 8 nitrogen and oxygen atoms in total. The van der Waals surface area contributed by atoms with Gasteiger partial charge in [0.1, 0.15) is 19.3 Å². The normalized spacial score (nSPS) is 11.2. The first-order valence-corrected chi connectivity index (χ1v) is 7.17. The maximum absolute atomic E-state index is 12.6. The van der Waals surface area contributed by atoms with E-state index in [1.54, 1.807) is 0 Å². The van der Waals surface area contributed by atoms with Gasteiger partial charge in [0.15, 0.2) is 5.82 Å². The Bertz CT molecular complexity index is 860. The maximum Gasteiger partial charge on any atom is 0.454 e. The third-order valence-corrected chi connectivity index (χ3v) is 3.42. The Hall–Kier alpha value is -3.24. The summed E-state index contributed by atoms with van der Waals surface area (Å²) in [5.41, 5.74) is -1.36. The Morgan fingerprint density at radius 1 is 1.27 bits per heavy atom. The predicted molar refractivity (Wildman–Crippen MR) is 80.7 cm³/mol. The summed E-state index contributed by atoms with van der Waals surface area (Å²) < 4.78 is 43.9. The number of nitro groups is 1. The monoisotopic (exact) mass is 371 g/mol. The first-order valence-electron chi connectivity index (χ1n) is 7.17. The van der Waals surface area contributed by atoms with E-state index in [1.807, 2.05) is 0 Å². The number of benzene rings is 1. The molecule has 138 valence electrons. The third-order valence-electron chi connectivity index (χ3n) is 3.42. The molecule has 0 fully saturated rings. The van der Waals surface area contributed by atoms with Gasteiger partial charge in [0.05, 0.1) is 5.56 Å². The van der Waals surface area contributed by atoms with Crippen LogP contribution >= 0.6 is 0 Å². The number of Topliss-reactive ketones (excluding diaryl/α,β-unsaturated/α-hetero) is 1. The van der Waals surface area contributed by atoms with Gasteiger partial charge in [-0.15, -0.1) is 0 Å². The van der Waals surface area contributed by atoms with Crippen LogP contribution in [0.25, 0.3) is 0 Å². The summed E-state index contributed by atoms with van der Waals surface area (Å²) in [5.74, 6) is -3.31. The van der Waals surface area contributed by atoms with Crippen molar-refractivity contribution in [1.82, 2.24) is 9.55 Å². The van der Waals surface area contributed by atoms with Crippen LogP contribution in [0.5, 0.6) is 0 Å². The summed E-state index contributed by atoms with van der Waals surface area (Å²) in [5, 5.41) is 10.9. The van der Waals surface area contributed by atoms with E-state index < -0.39 is 34.0 Å². The van der Waals surface area contributed by atoms with Crippen molar-refractivity contribution in [3.63, 3.8) is 0 Å². The number of aromatic nitrogens is 2. The molecule has 1 heterocycles. The lowest BCUT2D eigenvalue weighted by Gasteiger charge is -2.10. The molecule has 0 unspecified atom stereocenters. The van der Waals surface area contributed by atoms with Gasteiger partial charge in [-0.1, -0.05) is 18.2 Å². The lowest BCUT2D eigenvalue weighted by molar-refractivity contribution is -0.392. The minimum atomic E-state index is -5.13. The van der Waals surface area contributed by atoms with Gasteiger partial charge < -0.3 is 14.9 Å². The number of halogens is 3. The topological polar surface area (TPSA) is 104 Å². The minimum absolute atomic E-state index is 0.122. The highest BCUT2D eigenvalue weighted by molar-refractivity contribution is 6.08. The quantitative estimate of drug-likeness (QED) is 0.335. The third kappa shape index (κ3) is 4.05. The van der Waals surface area contributed by atoms with Crippen molar-refractivity contribution in [3.8, 4) is 0 Å². The second-order valence-electron chi connectivity index (χ2n) is 5.08. The average molecular weight is 371 g/mol. The Balaban J connectivity index is 2.12. The SMILES string of the molecule is Cc1ncc([N+](=O)[O-])n1CCOC(=O)c1ccccc1C(=O)C(F)(F)F. The van der Waals surface area contributed by atoms with Crippen LogP contribution in [0.3, 0.4) is 0 Å². The Kier molecular flexibility index (Phi) is 5.38. The Morgan fingerprint density at radius 2 is 1.88 bits per heavy atom. The standard InChI is InChI=1S/C15H12F3N3O5/c1-9-19-8-12(21(24)25)20(9)6-7-26-14(23)11-5-3-2-4-10(11)13(22)15(16,17)18/h2-5,8H,6-7H2,1H3. The molecule has 26 heavy (non-hydrogen) atoms. The van der Waals surface area contributed by atoms with E-state index in [4.69, 9.17) is 4.74 Å². The number of aryl methyl sites for hydroxylation is 1. The number of rotatable bonds is 6. The molecular formula is C15H12F3N3O5. The molecule has 2 aromatic rings. The molecular weight excluding hydrogens is 359 g/mol. The van der Waals surface area contributed by atoms with Gasteiger partial charge in [0, 0.05) is 12.5 Å². The number of hydrogen-bond donors (Lipinski definition) is 0. The summed E-state index contributed by atoms with van der Waals surface area (Å²) in [4.78, 5) is 37.4. The summed E-state index contributed by atoms with van der Waals surface area (Å²) in [6.07, 6.45) is -4.10. The Labute approximate surface area is 144 Å². The number of imidazole rings is 1. The number of carbonyl (C=O) groups is 2. The van der Waals surface area contributed by atoms with E-state index in [1.165, 1.54) is 23.6 Å². The molecule has 0 bridgehead atoms. The number of alkyl halides is 3. The van der Waals surface area contributed by atoms with Gasteiger partial charge >= 0.3 is 18.0 Å². The molecule has 11 heteroatoms. The van der Waals surface area contributed by atoms with Crippen molar-refractivity contribution >= 4 is 17.6 Å². The van der Waals surface area contributed by atoms with Gasteiger partial charge in [0.25, 0.3) is 5.78 Å². The molecule has 0 atom stereocenters. The predicted octanol–water partition coefficient (Wildman–Crippen LogP) is 2.70. The van der Waals surface area contributed by atoms with Gasteiger partial charge in [-0.25, -0.2) is 14.3 Å². The molecule has 0 aliphatic heterocycles. The van der Waals surface area contributed by atoms with Crippen molar-refractivity contribution in [2.24, 2.45) is 0 Å². The van der Waals surface area contributed by atoms with Crippen molar-refractivity contribution in [3.05, 3.63) is 57.5 Å². The first-order chi connectivity index (χ1) is 12.1. The van der Waals surface area contributed by atoms with E-state index in [2.05, 4.69) is 4.98 Å². The van der Waals surface area contributed by atoms with Crippen LogP contribution in [-0.2, 0) is 11.3 Å². The van der Waals surface area contributed by atoms with Gasteiger partial charge in [-0.05, 0) is 11.0 Å². The second kappa shape index (κ2) is 7.33. The zero-order valence-corrected chi connectivity index (χ0v) is 13.3. The summed E-state index contributed by atoms with van der Waals surface area (Å²) in [6.45, 7) is 1.03. The fourth-order valence-electron chi connectivity index (χ4n) is 2.20. The highest BCUT2D eigenvalue weighted by Gasteiger charge is 2.41. The highest BCUT2D eigenvalue weighted by Crippen LogP contribution is 2.24. The first kappa shape index (κ1) is 19.1. The molecule has 2 rings (SSSR count). The zero-order valence-electron chi connectivity index (χ0n) is 13.3. The van der Waals surface area contributed by atoms with E-state index in [-0.39, 0.29) is 19.0 Å². The van der Waals surface area contributed by atoms with E-state index in [0.29, 0.717) is 5.82 Å². The minimum Gasteiger partial charge on any atom is -0.458 e. The van der Waals surface area contributed by atoms with E-state index in [9.17, 15) is 32.9 Å². The van der Waals surface area contributed by atoms with Gasteiger partial charge in [0.2, 0.25) is 0 Å². The molecule has 0 radical (unpaired) electrons. The molecule has 1 aromatic carbocycles. The number of carbonyl (C=O) groups excluding carboxylic acids is 2. The molecule has 0 amide bonds. The van der Waals surface area contributed by atoms with Gasteiger partial charge in [-0.3, -0.25) is 4.79 Å². The lowest BCUT2D eigenvalue weighted by atomic mass is 10.0. The average Bonchev–Trinajstić information content (AvgIpc) is 2.94. The van der Waals surface area contributed by atoms with Crippen LogP contribution in [0.15, 0.2) is 30.5 Å². The molecule has 0 saturated heterocycles. The summed E-state index contributed by atoms with van der Waals surface area (Å²) in [7, 11) is 0. The van der Waals surface area contributed by atoms with Crippen LogP contribution in [0.1, 0.15) is 26.5 Å². The highest BCUT2D eigenvalue weighted by atomic mass is 19.4. The molecule has 0 N–H and O–H groups in total. The zero-order chi connectivity index (χ0) is 19.5. The largest absolute Gasteiger partial charge is 0.458 e. The number of hydrogen-bond acceptors (Lipinski definition) is 6. The lowest BCUT2D eigenvalue weighted by Crippen LogP contribution is -2.25. The number of esters is 1. The number of ketones is 1. The smallest absolute Gasteiger partial charge is 0.454 e. The van der Waals surface area contributed by atoms with E-state index in [0.717, 1.165) is 18.3 Å². The number of ether oxygens (including phenoxy) is 1. The maximum atomic E-state index is 12.6. The fourth-order valence-corrected chi connectivity index (χ4v) is 2.20. The Morgan fingerprint density at radius 3 is 2.46 bits per heavy atom. The van der Waals surface area contributed by atoms with Crippen molar-refractivity contribution < 1.29 is 32.4 Å². The van der Waals surface area contributed by atoms with Crippen LogP contribution in [-0.4, -0.2) is 39.0 Å². The van der Waals surface area contributed by atoms with Crippen LogP contribution < -0.4 is 0 Å². The number of nitrogens with zero attached hydrogens (tertiary/aromatic N) is 3. The van der Waals surface area contributed by atoms with Crippen LogP contribution in [0, 0.1) is 17.0 Å². The van der Waals surface area contributed by atoms with Crippen LogP contribution in [0.2, 0.25) is 0 Å². The summed E-state index contributed by atoms with van der Waals surface area (Å²) in [6, 6.07) is 4.38. The second-order valence-corrected chi connectivity index (χ2v) is 5.08. The van der Waals surface area contributed by atoms with Crippen molar-refractivity contribution in [1.29, 1.82) is 0 Å². The van der Waals surface area contributed by atoms with E-state index >= 15 is 0 Å². The molecule has 1 aromatic heterocycles. The van der Waals surface area contributed by atoms with Gasteiger partial charge in [-0.2, -0.15) is 13.2 Å². The van der Waals surface area contributed by atoms with Crippen molar-refractivity contribution in [2.75, 3.05) is 6.61 Å². The fraction of sp³-hybridized carbons (Fsp3) is 0.267. The molecule has 0 spiro atoms. The van der Waals surface area contributed by atoms with Crippen LogP contribution in [0.4, 0.5) is 19.0 Å². The van der Waals surface area contributed by atoms with Crippen molar-refractivity contribution in [2.45, 2.75) is 19.6 Å². The summed E-state index contributed by atoms with van der Waals surface area (Å²) >= 11 is 0. The molecule has 0 aliphatic rings. The molecule has 0 aliphatic carbocycles. The molecule has 0 saturated carbocycles.